The molecule has 0 aliphatic rings. The van der Waals surface area contributed by atoms with Gasteiger partial charge in [0.2, 0.25) is 5.78 Å². The smallest absolute Gasteiger partial charge is 0.342 e. The molecule has 0 aromatic carbocycles. The molecule has 3 rings (SSSR count). The molecule has 25 heavy (non-hydrogen) atoms. The van der Waals surface area contributed by atoms with E-state index >= 15 is 0 Å². The first-order valence-corrected chi connectivity index (χ1v) is 7.91. The first kappa shape index (κ1) is 16.8. The molecule has 0 saturated heterocycles. The van der Waals surface area contributed by atoms with Crippen LogP contribution < -0.4 is 0 Å². The van der Waals surface area contributed by atoms with Crippen LogP contribution >= 0.6 is 0 Å². The number of carbonyl (C=O) groups is 2. The average molecular weight is 341 g/mol. The van der Waals surface area contributed by atoms with Crippen molar-refractivity contribution in [3.05, 3.63) is 70.8 Å². The Labute approximate surface area is 145 Å². The van der Waals surface area contributed by atoms with E-state index in [0.29, 0.717) is 23.4 Å². The molecule has 0 radical (unpaired) electrons. The maximum atomic E-state index is 12.5. The van der Waals surface area contributed by atoms with Crippen LogP contribution in [0.15, 0.2) is 45.6 Å². The average Bonchev–Trinajstić information content (AvgIpc) is 3.30. The maximum Gasteiger partial charge on any atom is 0.342 e. The third-order valence-electron chi connectivity index (χ3n) is 4.18. The SMILES string of the molecule is Cc1occc1C(=O)OCC(=O)c1cc(C)n(Cc2ccco2)c1C. The molecule has 0 amide bonds. The second-order valence-electron chi connectivity index (χ2n) is 5.84. The van der Waals surface area contributed by atoms with E-state index < -0.39 is 5.97 Å². The summed E-state index contributed by atoms with van der Waals surface area (Å²) in [6.45, 7) is 5.69. The van der Waals surface area contributed by atoms with Crippen LogP contribution in [-0.2, 0) is 11.3 Å². The molecule has 130 valence electrons. The summed E-state index contributed by atoms with van der Waals surface area (Å²) in [7, 11) is 0. The molecule has 6 nitrogen and oxygen atoms in total. The lowest BCUT2D eigenvalue weighted by molar-refractivity contribution is 0.0472. The number of aryl methyl sites for hydroxylation is 2. The summed E-state index contributed by atoms with van der Waals surface area (Å²) in [6.07, 6.45) is 3.03. The van der Waals surface area contributed by atoms with Gasteiger partial charge < -0.3 is 18.1 Å². The molecule has 3 aromatic heterocycles. The van der Waals surface area contributed by atoms with Gasteiger partial charge in [0.05, 0.1) is 19.1 Å². The number of esters is 1. The molecule has 3 aromatic rings. The Balaban J connectivity index is 1.70. The van der Waals surface area contributed by atoms with Gasteiger partial charge in [-0.25, -0.2) is 4.79 Å². The van der Waals surface area contributed by atoms with Crippen LogP contribution in [0.25, 0.3) is 0 Å². The van der Waals surface area contributed by atoms with E-state index in [9.17, 15) is 9.59 Å². The van der Waals surface area contributed by atoms with Crippen LogP contribution in [0.3, 0.4) is 0 Å². The van der Waals surface area contributed by atoms with E-state index in [0.717, 1.165) is 17.1 Å². The molecule has 0 saturated carbocycles. The second-order valence-corrected chi connectivity index (χ2v) is 5.84. The Kier molecular flexibility index (Phi) is 4.61. The number of aromatic nitrogens is 1. The van der Waals surface area contributed by atoms with E-state index in [1.165, 1.54) is 12.3 Å². The van der Waals surface area contributed by atoms with Crippen molar-refractivity contribution < 1.29 is 23.2 Å². The lowest BCUT2D eigenvalue weighted by atomic mass is 10.1. The van der Waals surface area contributed by atoms with Gasteiger partial charge in [0.25, 0.3) is 0 Å². The minimum absolute atomic E-state index is 0.242. The summed E-state index contributed by atoms with van der Waals surface area (Å²) in [5.41, 5.74) is 2.63. The van der Waals surface area contributed by atoms with Crippen LogP contribution in [-0.4, -0.2) is 22.9 Å². The number of furan rings is 2. The summed E-state index contributed by atoms with van der Waals surface area (Å²) in [4.78, 5) is 24.4. The lowest BCUT2D eigenvalue weighted by Crippen LogP contribution is -2.15. The Hall–Kier alpha value is -3.02. The maximum absolute atomic E-state index is 12.5. The van der Waals surface area contributed by atoms with Gasteiger partial charge in [-0.1, -0.05) is 0 Å². The zero-order chi connectivity index (χ0) is 18.0. The Morgan fingerprint density at radius 1 is 1.08 bits per heavy atom. The standard InChI is InChI=1S/C19H19NO5/c1-12-9-17(13(2)20(12)10-15-5-4-7-24-15)18(21)11-25-19(22)16-6-8-23-14(16)3/h4-9H,10-11H2,1-3H3. The first-order chi connectivity index (χ1) is 12.0. The van der Waals surface area contributed by atoms with Crippen molar-refractivity contribution >= 4 is 11.8 Å². The fraction of sp³-hybridized carbons (Fsp3) is 0.263. The van der Waals surface area contributed by atoms with Gasteiger partial charge in [0.15, 0.2) is 6.61 Å². The number of ketones is 1. The zero-order valence-electron chi connectivity index (χ0n) is 14.4. The van der Waals surface area contributed by atoms with Crippen molar-refractivity contribution in [3.8, 4) is 0 Å². The van der Waals surface area contributed by atoms with Crippen LogP contribution in [0.5, 0.6) is 0 Å². The zero-order valence-corrected chi connectivity index (χ0v) is 14.4. The van der Waals surface area contributed by atoms with Gasteiger partial charge in [-0.05, 0) is 45.0 Å². The quantitative estimate of drug-likeness (QED) is 0.505. The van der Waals surface area contributed by atoms with E-state index in [2.05, 4.69) is 0 Å². The highest BCUT2D eigenvalue weighted by Gasteiger charge is 2.19. The summed E-state index contributed by atoms with van der Waals surface area (Å²) in [6, 6.07) is 7.04. The largest absolute Gasteiger partial charge is 0.469 e. The lowest BCUT2D eigenvalue weighted by Gasteiger charge is -2.08. The molecule has 0 bridgehead atoms. The number of nitrogens with zero attached hydrogens (tertiary/aromatic N) is 1. The molecule has 3 heterocycles. The molecular formula is C19H19NO5. The van der Waals surface area contributed by atoms with Crippen molar-refractivity contribution in [2.75, 3.05) is 6.61 Å². The van der Waals surface area contributed by atoms with Crippen molar-refractivity contribution in [3.63, 3.8) is 0 Å². The fourth-order valence-corrected chi connectivity index (χ4v) is 2.77. The van der Waals surface area contributed by atoms with Crippen LogP contribution in [0.4, 0.5) is 0 Å². The van der Waals surface area contributed by atoms with E-state index in [4.69, 9.17) is 13.6 Å². The minimum Gasteiger partial charge on any atom is -0.469 e. The summed E-state index contributed by atoms with van der Waals surface area (Å²) < 4.78 is 17.5. The molecule has 0 N–H and O–H groups in total. The third-order valence-corrected chi connectivity index (χ3v) is 4.18. The predicted octanol–water partition coefficient (Wildman–Crippen LogP) is 3.69. The van der Waals surface area contributed by atoms with E-state index in [-0.39, 0.29) is 12.4 Å². The Bertz CT molecular complexity index is 899. The predicted molar refractivity (Wildman–Crippen MR) is 89.8 cm³/mol. The number of hydrogen-bond donors (Lipinski definition) is 0. The summed E-state index contributed by atoms with van der Waals surface area (Å²) >= 11 is 0. The number of Topliss-reactive ketones (excluding diaryl/α,β-unsaturated/α-hetero) is 1. The second kappa shape index (κ2) is 6.84. The molecule has 0 atom stereocenters. The number of rotatable bonds is 6. The van der Waals surface area contributed by atoms with Crippen LogP contribution in [0.1, 0.15) is 43.6 Å². The van der Waals surface area contributed by atoms with E-state index in [1.807, 2.05) is 30.5 Å². The van der Waals surface area contributed by atoms with Crippen molar-refractivity contribution in [1.29, 1.82) is 0 Å². The van der Waals surface area contributed by atoms with E-state index in [1.54, 1.807) is 19.3 Å². The molecule has 0 aliphatic carbocycles. The number of ether oxygens (including phenoxy) is 1. The van der Waals surface area contributed by atoms with Crippen molar-refractivity contribution in [2.24, 2.45) is 0 Å². The van der Waals surface area contributed by atoms with Crippen LogP contribution in [0, 0.1) is 20.8 Å². The normalized spacial score (nSPS) is 10.8. The fourth-order valence-electron chi connectivity index (χ4n) is 2.77. The highest BCUT2D eigenvalue weighted by atomic mass is 16.5. The summed E-state index contributed by atoms with van der Waals surface area (Å²) in [5.74, 6) is 0.467. The third kappa shape index (κ3) is 3.42. The van der Waals surface area contributed by atoms with Gasteiger partial charge in [-0.15, -0.1) is 0 Å². The number of carbonyl (C=O) groups excluding carboxylic acids is 2. The highest BCUT2D eigenvalue weighted by molar-refractivity contribution is 6.00. The molecule has 0 spiro atoms. The minimum atomic E-state index is -0.566. The monoisotopic (exact) mass is 341 g/mol. The molecule has 0 unspecified atom stereocenters. The van der Waals surface area contributed by atoms with Crippen LogP contribution in [0.2, 0.25) is 0 Å². The van der Waals surface area contributed by atoms with Gasteiger partial charge in [-0.2, -0.15) is 0 Å². The Morgan fingerprint density at radius 2 is 1.88 bits per heavy atom. The van der Waals surface area contributed by atoms with Crippen molar-refractivity contribution in [1.82, 2.24) is 4.57 Å². The van der Waals surface area contributed by atoms with Gasteiger partial charge >= 0.3 is 5.97 Å². The number of hydrogen-bond acceptors (Lipinski definition) is 5. The molecule has 0 aliphatic heterocycles. The van der Waals surface area contributed by atoms with Crippen molar-refractivity contribution in [2.45, 2.75) is 27.3 Å². The topological polar surface area (TPSA) is 74.6 Å². The molecule has 6 heteroatoms. The Morgan fingerprint density at radius 3 is 2.52 bits per heavy atom. The summed E-state index contributed by atoms with van der Waals surface area (Å²) in [5, 5.41) is 0. The molecule has 0 fully saturated rings. The van der Waals surface area contributed by atoms with Gasteiger partial charge in [0, 0.05) is 17.0 Å². The first-order valence-electron chi connectivity index (χ1n) is 7.91. The highest BCUT2D eigenvalue weighted by Crippen LogP contribution is 2.18. The van der Waals surface area contributed by atoms with Gasteiger partial charge in [-0.3, -0.25) is 4.79 Å². The molecular weight excluding hydrogens is 322 g/mol. The van der Waals surface area contributed by atoms with Gasteiger partial charge in [0.1, 0.15) is 17.1 Å².